The minimum Gasteiger partial charge on any atom is -0.360 e. The van der Waals surface area contributed by atoms with Crippen LogP contribution in [0.25, 0.3) is 0 Å². The van der Waals surface area contributed by atoms with Gasteiger partial charge in [0.05, 0.1) is 22.7 Å². The van der Waals surface area contributed by atoms with E-state index in [1.54, 1.807) is 29.0 Å². The van der Waals surface area contributed by atoms with E-state index in [-0.39, 0.29) is 17.9 Å². The molecule has 7 nitrogen and oxygen atoms in total. The van der Waals surface area contributed by atoms with Crippen molar-refractivity contribution in [3.05, 3.63) is 53.5 Å². The summed E-state index contributed by atoms with van der Waals surface area (Å²) in [7, 11) is 1.73. The Bertz CT molecular complexity index is 1020. The second kappa shape index (κ2) is 8.07. The normalized spacial score (nSPS) is 19.5. The van der Waals surface area contributed by atoms with Crippen LogP contribution in [-0.2, 0) is 16.5 Å². The highest BCUT2D eigenvalue weighted by molar-refractivity contribution is 5.94. The van der Waals surface area contributed by atoms with E-state index in [2.05, 4.69) is 15.3 Å². The molecule has 4 rings (SSSR count). The molecule has 0 bridgehead atoms. The molecule has 1 saturated carbocycles. The maximum atomic E-state index is 13.0. The van der Waals surface area contributed by atoms with Gasteiger partial charge in [0.1, 0.15) is 5.82 Å². The number of carbonyl (C=O) groups is 2. The second-order valence-corrected chi connectivity index (χ2v) is 8.42. The van der Waals surface area contributed by atoms with E-state index in [0.717, 1.165) is 18.7 Å². The topological polar surface area (TPSA) is 78.4 Å². The molecule has 1 aliphatic carbocycles. The van der Waals surface area contributed by atoms with Gasteiger partial charge in [0, 0.05) is 45.7 Å². The Labute approximate surface area is 183 Å². The lowest BCUT2D eigenvalue weighted by atomic mass is 10.0. The summed E-state index contributed by atoms with van der Waals surface area (Å²) in [4.78, 5) is 35.8. The third-order valence-electron chi connectivity index (χ3n) is 6.24. The first-order chi connectivity index (χ1) is 15.1. The van der Waals surface area contributed by atoms with E-state index in [9.17, 15) is 22.8 Å². The van der Waals surface area contributed by atoms with E-state index in [1.807, 2.05) is 0 Å². The molecule has 1 aliphatic heterocycles. The molecule has 2 aromatic heterocycles. The Kier molecular flexibility index (Phi) is 5.56. The van der Waals surface area contributed by atoms with Gasteiger partial charge in [-0.1, -0.05) is 0 Å². The lowest BCUT2D eigenvalue weighted by Gasteiger charge is -2.23. The number of likely N-dealkylation sites (tertiary alicyclic amines) is 1. The van der Waals surface area contributed by atoms with Gasteiger partial charge >= 0.3 is 6.18 Å². The average molecular weight is 447 g/mol. The molecule has 1 atom stereocenters. The molecule has 2 fully saturated rings. The smallest absolute Gasteiger partial charge is 0.360 e. The highest BCUT2D eigenvalue weighted by Crippen LogP contribution is 2.48. The number of nitrogens with one attached hydrogen (secondary N) is 1. The standard InChI is InChI=1S/C22H24F3N5O2/c1-14(31)29(2)18-5-8-30(13-18)20(32)15-3-4-19(27-10-15)28-21(6-7-21)16-9-17(12-26-11-16)22(23,24)25/h3-4,9-12,18H,5-8,13H2,1-2H3,(H,27,28)/t18-/m0/s1. The molecule has 3 heterocycles. The third-order valence-corrected chi connectivity index (χ3v) is 6.24. The Balaban J connectivity index is 1.42. The second-order valence-electron chi connectivity index (χ2n) is 8.42. The van der Waals surface area contributed by atoms with Crippen molar-refractivity contribution in [2.75, 3.05) is 25.5 Å². The van der Waals surface area contributed by atoms with Crippen LogP contribution >= 0.6 is 0 Å². The van der Waals surface area contributed by atoms with Gasteiger partial charge in [0.15, 0.2) is 0 Å². The van der Waals surface area contributed by atoms with E-state index < -0.39 is 17.3 Å². The largest absolute Gasteiger partial charge is 0.417 e. The summed E-state index contributed by atoms with van der Waals surface area (Å²) < 4.78 is 39.1. The zero-order chi connectivity index (χ0) is 23.1. The first-order valence-corrected chi connectivity index (χ1v) is 10.4. The van der Waals surface area contributed by atoms with E-state index in [4.69, 9.17) is 0 Å². The predicted octanol–water partition coefficient (Wildman–Crippen LogP) is 3.29. The monoisotopic (exact) mass is 447 g/mol. The summed E-state index contributed by atoms with van der Waals surface area (Å²) in [6, 6.07) is 4.43. The molecule has 0 unspecified atom stereocenters. The van der Waals surface area contributed by atoms with Crippen LogP contribution in [0.4, 0.5) is 19.0 Å². The molecule has 0 spiro atoms. The summed E-state index contributed by atoms with van der Waals surface area (Å²) in [6.07, 6.45) is 1.32. The maximum absolute atomic E-state index is 13.0. The van der Waals surface area contributed by atoms with Crippen molar-refractivity contribution in [1.82, 2.24) is 19.8 Å². The maximum Gasteiger partial charge on any atom is 0.417 e. The Morgan fingerprint density at radius 2 is 1.97 bits per heavy atom. The number of likely N-dealkylation sites (N-methyl/N-ethyl adjacent to an activating group) is 1. The molecule has 2 amide bonds. The van der Waals surface area contributed by atoms with Crippen LogP contribution in [0.5, 0.6) is 0 Å². The predicted molar refractivity (Wildman–Crippen MR) is 111 cm³/mol. The van der Waals surface area contributed by atoms with Gasteiger partial charge in [-0.3, -0.25) is 14.6 Å². The van der Waals surface area contributed by atoms with Crippen LogP contribution in [0.2, 0.25) is 0 Å². The lowest BCUT2D eigenvalue weighted by Crippen LogP contribution is -2.38. The summed E-state index contributed by atoms with van der Waals surface area (Å²) in [5, 5.41) is 3.21. The number of alkyl halides is 3. The summed E-state index contributed by atoms with van der Waals surface area (Å²) in [5.74, 6) is 0.283. The van der Waals surface area contributed by atoms with Crippen LogP contribution in [0.3, 0.4) is 0 Å². The molecule has 1 N–H and O–H groups in total. The van der Waals surface area contributed by atoms with Gasteiger partial charge in [-0.2, -0.15) is 13.2 Å². The fraction of sp³-hybridized carbons (Fsp3) is 0.455. The first-order valence-electron chi connectivity index (χ1n) is 10.4. The number of carbonyl (C=O) groups excluding carboxylic acids is 2. The van der Waals surface area contributed by atoms with Crippen molar-refractivity contribution < 1.29 is 22.8 Å². The van der Waals surface area contributed by atoms with Crippen molar-refractivity contribution in [2.45, 2.75) is 43.9 Å². The number of rotatable bonds is 5. The molecule has 0 radical (unpaired) electrons. The van der Waals surface area contributed by atoms with Crippen molar-refractivity contribution in [3.63, 3.8) is 0 Å². The van der Waals surface area contributed by atoms with Crippen molar-refractivity contribution in [2.24, 2.45) is 0 Å². The summed E-state index contributed by atoms with van der Waals surface area (Å²) in [5.41, 5.74) is -0.526. The number of halogens is 3. The van der Waals surface area contributed by atoms with Gasteiger partial charge < -0.3 is 15.1 Å². The highest BCUT2D eigenvalue weighted by atomic mass is 19.4. The van der Waals surface area contributed by atoms with Crippen LogP contribution < -0.4 is 5.32 Å². The number of anilines is 1. The number of pyridine rings is 2. The average Bonchev–Trinajstić information content (AvgIpc) is 3.38. The zero-order valence-electron chi connectivity index (χ0n) is 17.8. The van der Waals surface area contributed by atoms with Crippen LogP contribution in [0.15, 0.2) is 36.8 Å². The number of nitrogens with zero attached hydrogens (tertiary/aromatic N) is 4. The SMILES string of the molecule is CC(=O)N(C)[C@H]1CCN(C(=O)c2ccc(NC3(c4cncc(C(F)(F)F)c4)CC3)nc2)C1. The quantitative estimate of drug-likeness (QED) is 0.761. The van der Waals surface area contributed by atoms with Crippen LogP contribution in [-0.4, -0.2) is 57.8 Å². The van der Waals surface area contributed by atoms with Crippen LogP contribution in [0, 0.1) is 0 Å². The number of amides is 2. The van der Waals surface area contributed by atoms with Crippen molar-refractivity contribution >= 4 is 17.6 Å². The molecule has 1 saturated heterocycles. The van der Waals surface area contributed by atoms with Crippen molar-refractivity contribution in [3.8, 4) is 0 Å². The van der Waals surface area contributed by atoms with Gasteiger partial charge in [-0.05, 0) is 43.0 Å². The molecule has 32 heavy (non-hydrogen) atoms. The Morgan fingerprint density at radius 3 is 2.56 bits per heavy atom. The van der Waals surface area contributed by atoms with Gasteiger partial charge in [0.25, 0.3) is 5.91 Å². The van der Waals surface area contributed by atoms with Gasteiger partial charge in [0.2, 0.25) is 5.91 Å². The molecular weight excluding hydrogens is 423 g/mol. The summed E-state index contributed by atoms with van der Waals surface area (Å²) >= 11 is 0. The first kappa shape index (κ1) is 22.0. The Morgan fingerprint density at radius 1 is 1.22 bits per heavy atom. The summed E-state index contributed by atoms with van der Waals surface area (Å²) in [6.45, 7) is 2.54. The molecule has 170 valence electrons. The van der Waals surface area contributed by atoms with Crippen molar-refractivity contribution in [1.29, 1.82) is 0 Å². The highest BCUT2D eigenvalue weighted by Gasteiger charge is 2.46. The molecule has 0 aromatic carbocycles. The number of hydrogen-bond acceptors (Lipinski definition) is 5. The fourth-order valence-electron chi connectivity index (χ4n) is 3.99. The Hall–Kier alpha value is -3.17. The number of hydrogen-bond donors (Lipinski definition) is 1. The molecule has 2 aliphatic rings. The lowest BCUT2D eigenvalue weighted by molar-refractivity contribution is -0.138. The fourth-order valence-corrected chi connectivity index (χ4v) is 3.99. The minimum absolute atomic E-state index is 0.00106. The van der Waals surface area contributed by atoms with Gasteiger partial charge in [-0.15, -0.1) is 0 Å². The van der Waals surface area contributed by atoms with Crippen LogP contribution in [0.1, 0.15) is 47.7 Å². The van der Waals surface area contributed by atoms with E-state index in [1.165, 1.54) is 19.3 Å². The number of aromatic nitrogens is 2. The minimum atomic E-state index is -4.45. The van der Waals surface area contributed by atoms with Gasteiger partial charge in [-0.25, -0.2) is 4.98 Å². The van der Waals surface area contributed by atoms with E-state index in [0.29, 0.717) is 42.9 Å². The van der Waals surface area contributed by atoms with E-state index >= 15 is 0 Å². The molecule has 10 heteroatoms. The molecule has 2 aromatic rings. The zero-order valence-corrected chi connectivity index (χ0v) is 17.8. The third kappa shape index (κ3) is 4.39. The molecular formula is C22H24F3N5O2.